The maximum atomic E-state index is 11.6. The van der Waals surface area contributed by atoms with Gasteiger partial charge in [-0.3, -0.25) is 4.79 Å². The van der Waals surface area contributed by atoms with Gasteiger partial charge in [0.15, 0.2) is 0 Å². The standard InChI is InChI=1S/C11H20N2O4/c1-8(10(14)15)12-11(16)13(2)6-9-4-3-5-17-7-9/h8-9H,3-7H2,1-2H3,(H,12,16)(H,14,15)/t8-,9?/m1/s1. The van der Waals surface area contributed by atoms with Crippen LogP contribution < -0.4 is 5.32 Å². The normalized spacial score (nSPS) is 21.6. The Kier molecular flexibility index (Phi) is 5.21. The van der Waals surface area contributed by atoms with Crippen molar-refractivity contribution in [2.24, 2.45) is 5.92 Å². The predicted molar refractivity (Wildman–Crippen MR) is 61.8 cm³/mol. The molecule has 0 aromatic rings. The third kappa shape index (κ3) is 4.60. The SMILES string of the molecule is C[C@@H](NC(=O)N(C)CC1CCCOC1)C(=O)O. The largest absolute Gasteiger partial charge is 0.480 e. The van der Waals surface area contributed by atoms with Crippen LogP contribution in [0.3, 0.4) is 0 Å². The average molecular weight is 244 g/mol. The van der Waals surface area contributed by atoms with Gasteiger partial charge in [0.25, 0.3) is 0 Å². The van der Waals surface area contributed by atoms with Crippen LogP contribution in [0.25, 0.3) is 0 Å². The summed E-state index contributed by atoms with van der Waals surface area (Å²) in [5.74, 6) is -0.688. The van der Waals surface area contributed by atoms with Crippen molar-refractivity contribution in [1.82, 2.24) is 10.2 Å². The topological polar surface area (TPSA) is 78.9 Å². The summed E-state index contributed by atoms with van der Waals surface area (Å²) >= 11 is 0. The van der Waals surface area contributed by atoms with E-state index in [0.29, 0.717) is 19.1 Å². The molecule has 1 saturated heterocycles. The number of urea groups is 1. The molecule has 0 aromatic heterocycles. The first kappa shape index (κ1) is 13.8. The van der Waals surface area contributed by atoms with Crippen molar-refractivity contribution >= 4 is 12.0 Å². The second-order valence-corrected chi connectivity index (χ2v) is 4.47. The number of carboxylic acid groups (broad SMARTS) is 1. The summed E-state index contributed by atoms with van der Waals surface area (Å²) in [5, 5.41) is 11.1. The van der Waals surface area contributed by atoms with Gasteiger partial charge in [-0.15, -0.1) is 0 Å². The summed E-state index contributed by atoms with van der Waals surface area (Å²) in [7, 11) is 1.67. The quantitative estimate of drug-likeness (QED) is 0.756. The number of carbonyl (C=O) groups is 2. The molecule has 1 unspecified atom stereocenters. The van der Waals surface area contributed by atoms with Crippen LogP contribution in [-0.2, 0) is 9.53 Å². The molecule has 1 aliphatic rings. The molecular weight excluding hydrogens is 224 g/mol. The monoisotopic (exact) mass is 244 g/mol. The minimum absolute atomic E-state index is 0.347. The number of carboxylic acids is 1. The fourth-order valence-corrected chi connectivity index (χ4v) is 1.78. The molecule has 0 radical (unpaired) electrons. The van der Waals surface area contributed by atoms with Crippen LogP contribution in [-0.4, -0.2) is 54.9 Å². The van der Waals surface area contributed by atoms with Crippen molar-refractivity contribution in [3.8, 4) is 0 Å². The Bertz CT molecular complexity index is 277. The molecule has 2 atom stereocenters. The molecule has 6 nitrogen and oxygen atoms in total. The molecule has 17 heavy (non-hydrogen) atoms. The predicted octanol–water partition coefficient (Wildman–Crippen LogP) is 0.527. The van der Waals surface area contributed by atoms with Crippen molar-refractivity contribution in [2.45, 2.75) is 25.8 Å². The number of nitrogens with zero attached hydrogens (tertiary/aromatic N) is 1. The highest BCUT2D eigenvalue weighted by Crippen LogP contribution is 2.14. The van der Waals surface area contributed by atoms with E-state index >= 15 is 0 Å². The fraction of sp³-hybridized carbons (Fsp3) is 0.818. The van der Waals surface area contributed by atoms with Gasteiger partial charge >= 0.3 is 12.0 Å². The van der Waals surface area contributed by atoms with Crippen LogP contribution in [0.5, 0.6) is 0 Å². The van der Waals surface area contributed by atoms with E-state index in [4.69, 9.17) is 9.84 Å². The minimum Gasteiger partial charge on any atom is -0.480 e. The van der Waals surface area contributed by atoms with E-state index in [1.54, 1.807) is 7.05 Å². The smallest absolute Gasteiger partial charge is 0.325 e. The third-order valence-electron chi connectivity index (χ3n) is 2.84. The molecule has 0 bridgehead atoms. The summed E-state index contributed by atoms with van der Waals surface area (Å²) in [6.07, 6.45) is 2.07. The molecule has 1 heterocycles. The molecule has 2 N–H and O–H groups in total. The minimum atomic E-state index is -1.03. The van der Waals surface area contributed by atoms with Crippen LogP contribution in [0.2, 0.25) is 0 Å². The zero-order chi connectivity index (χ0) is 12.8. The third-order valence-corrected chi connectivity index (χ3v) is 2.84. The van der Waals surface area contributed by atoms with Crippen molar-refractivity contribution in [2.75, 3.05) is 26.8 Å². The zero-order valence-electron chi connectivity index (χ0n) is 10.3. The summed E-state index contributed by atoms with van der Waals surface area (Å²) in [6.45, 7) is 3.50. The van der Waals surface area contributed by atoms with E-state index in [2.05, 4.69) is 5.32 Å². The lowest BCUT2D eigenvalue weighted by molar-refractivity contribution is -0.138. The van der Waals surface area contributed by atoms with Crippen molar-refractivity contribution < 1.29 is 19.4 Å². The molecule has 0 aliphatic carbocycles. The maximum absolute atomic E-state index is 11.6. The lowest BCUT2D eigenvalue weighted by Crippen LogP contribution is -2.47. The number of nitrogens with one attached hydrogen (secondary N) is 1. The fourth-order valence-electron chi connectivity index (χ4n) is 1.78. The Morgan fingerprint density at radius 1 is 1.59 bits per heavy atom. The van der Waals surface area contributed by atoms with E-state index in [-0.39, 0.29) is 6.03 Å². The molecule has 2 amide bonds. The van der Waals surface area contributed by atoms with Gasteiger partial charge < -0.3 is 20.1 Å². The number of ether oxygens (including phenoxy) is 1. The molecule has 1 rings (SSSR count). The Morgan fingerprint density at radius 2 is 2.29 bits per heavy atom. The summed E-state index contributed by atoms with van der Waals surface area (Å²) in [5.41, 5.74) is 0. The van der Waals surface area contributed by atoms with Gasteiger partial charge in [0.05, 0.1) is 6.61 Å². The maximum Gasteiger partial charge on any atom is 0.325 e. The van der Waals surface area contributed by atoms with Crippen LogP contribution >= 0.6 is 0 Å². The molecule has 0 spiro atoms. The second kappa shape index (κ2) is 6.44. The van der Waals surface area contributed by atoms with E-state index < -0.39 is 12.0 Å². The Labute approximate surface area is 101 Å². The first-order valence-corrected chi connectivity index (χ1v) is 5.83. The first-order chi connectivity index (χ1) is 8.00. The van der Waals surface area contributed by atoms with Gasteiger partial charge in [0.1, 0.15) is 6.04 Å². The lowest BCUT2D eigenvalue weighted by atomic mass is 10.0. The van der Waals surface area contributed by atoms with Gasteiger partial charge in [-0.1, -0.05) is 0 Å². The van der Waals surface area contributed by atoms with Crippen LogP contribution in [0.1, 0.15) is 19.8 Å². The Morgan fingerprint density at radius 3 is 2.82 bits per heavy atom. The van der Waals surface area contributed by atoms with Crippen molar-refractivity contribution in [1.29, 1.82) is 0 Å². The van der Waals surface area contributed by atoms with Gasteiger partial charge in [-0.25, -0.2) is 4.79 Å². The second-order valence-electron chi connectivity index (χ2n) is 4.47. The molecular formula is C11H20N2O4. The molecule has 98 valence electrons. The number of hydrogen-bond donors (Lipinski definition) is 2. The molecule has 0 aromatic carbocycles. The molecule has 6 heteroatoms. The van der Waals surface area contributed by atoms with Crippen LogP contribution in [0, 0.1) is 5.92 Å². The van der Waals surface area contributed by atoms with Crippen LogP contribution in [0.4, 0.5) is 4.79 Å². The lowest BCUT2D eigenvalue weighted by Gasteiger charge is -2.27. The average Bonchev–Trinajstić information content (AvgIpc) is 2.29. The van der Waals surface area contributed by atoms with Gasteiger partial charge in [0.2, 0.25) is 0 Å². The number of hydrogen-bond acceptors (Lipinski definition) is 3. The van der Waals surface area contributed by atoms with Crippen molar-refractivity contribution in [3.63, 3.8) is 0 Å². The Balaban J connectivity index is 2.33. The highest BCUT2D eigenvalue weighted by molar-refractivity contribution is 5.82. The summed E-state index contributed by atoms with van der Waals surface area (Å²) in [4.78, 5) is 23.7. The molecule has 0 saturated carbocycles. The Hall–Kier alpha value is -1.30. The van der Waals surface area contributed by atoms with E-state index in [9.17, 15) is 9.59 Å². The summed E-state index contributed by atoms with van der Waals surface area (Å²) in [6, 6.07) is -1.22. The van der Waals surface area contributed by atoms with Gasteiger partial charge in [0, 0.05) is 26.1 Å². The van der Waals surface area contributed by atoms with Gasteiger partial charge in [-0.05, 0) is 19.8 Å². The van der Waals surface area contributed by atoms with E-state index in [0.717, 1.165) is 19.4 Å². The van der Waals surface area contributed by atoms with Crippen LogP contribution in [0.15, 0.2) is 0 Å². The van der Waals surface area contributed by atoms with Crippen molar-refractivity contribution in [3.05, 3.63) is 0 Å². The zero-order valence-corrected chi connectivity index (χ0v) is 10.3. The van der Waals surface area contributed by atoms with E-state index in [1.807, 2.05) is 0 Å². The first-order valence-electron chi connectivity index (χ1n) is 5.83. The number of rotatable bonds is 4. The number of carbonyl (C=O) groups excluding carboxylic acids is 1. The van der Waals surface area contributed by atoms with Gasteiger partial charge in [-0.2, -0.15) is 0 Å². The summed E-state index contributed by atoms with van der Waals surface area (Å²) < 4.78 is 5.33. The highest BCUT2D eigenvalue weighted by atomic mass is 16.5. The highest BCUT2D eigenvalue weighted by Gasteiger charge is 2.21. The molecule has 1 aliphatic heterocycles. The number of aliphatic carboxylic acids is 1. The number of amides is 2. The van der Waals surface area contributed by atoms with E-state index in [1.165, 1.54) is 11.8 Å². The molecule has 1 fully saturated rings.